The van der Waals surface area contributed by atoms with E-state index in [0.29, 0.717) is 36.7 Å². The second-order valence-electron chi connectivity index (χ2n) is 6.01. The summed E-state index contributed by atoms with van der Waals surface area (Å²) >= 11 is 0. The number of rotatable bonds is 4. The van der Waals surface area contributed by atoms with Crippen LogP contribution in [0.15, 0.2) is 30.7 Å². The fourth-order valence-electron chi connectivity index (χ4n) is 3.06. The minimum atomic E-state index is -0.487. The lowest BCUT2D eigenvalue weighted by Gasteiger charge is -2.41. The van der Waals surface area contributed by atoms with Crippen molar-refractivity contribution in [2.75, 3.05) is 18.0 Å². The van der Waals surface area contributed by atoms with Gasteiger partial charge in [-0.2, -0.15) is 10.1 Å². The molecule has 1 N–H and O–H groups in total. The third-order valence-electron chi connectivity index (χ3n) is 4.43. The predicted molar refractivity (Wildman–Crippen MR) is 89.9 cm³/mol. The van der Waals surface area contributed by atoms with E-state index in [9.17, 15) is 13.6 Å². The van der Waals surface area contributed by atoms with Crippen LogP contribution in [0.5, 0.6) is 0 Å². The molecule has 1 aliphatic rings. The Kier molecular flexibility index (Phi) is 3.98. The molecule has 26 heavy (non-hydrogen) atoms. The van der Waals surface area contributed by atoms with E-state index in [1.165, 1.54) is 23.1 Å². The first-order valence-corrected chi connectivity index (χ1v) is 8.28. The SMILES string of the molecule is CCNC(=O)c1cnn2cnc(N3CC[C@@H]3c3cc(F)ccc3F)nc12. The molecule has 3 heterocycles. The molecule has 0 unspecified atom stereocenters. The number of aromatic nitrogens is 4. The number of anilines is 1. The summed E-state index contributed by atoms with van der Waals surface area (Å²) < 4.78 is 29.0. The zero-order valence-corrected chi connectivity index (χ0v) is 14.0. The molecule has 0 aliphatic carbocycles. The average Bonchev–Trinajstić information content (AvgIpc) is 3.01. The van der Waals surface area contributed by atoms with Gasteiger partial charge in [-0.3, -0.25) is 4.79 Å². The molecule has 1 amide bonds. The number of benzene rings is 1. The first-order valence-electron chi connectivity index (χ1n) is 8.28. The highest BCUT2D eigenvalue weighted by atomic mass is 19.1. The molecule has 0 radical (unpaired) electrons. The van der Waals surface area contributed by atoms with Crippen LogP contribution >= 0.6 is 0 Å². The van der Waals surface area contributed by atoms with Crippen LogP contribution in [-0.2, 0) is 0 Å². The molecule has 134 valence electrons. The minimum absolute atomic E-state index is 0.275. The van der Waals surface area contributed by atoms with Crippen molar-refractivity contribution < 1.29 is 13.6 Å². The van der Waals surface area contributed by atoms with Crippen molar-refractivity contribution in [3.63, 3.8) is 0 Å². The van der Waals surface area contributed by atoms with Gasteiger partial charge >= 0.3 is 0 Å². The summed E-state index contributed by atoms with van der Waals surface area (Å²) in [7, 11) is 0. The molecule has 1 fully saturated rings. The Balaban J connectivity index is 1.69. The van der Waals surface area contributed by atoms with E-state index < -0.39 is 11.6 Å². The lowest BCUT2D eigenvalue weighted by Crippen LogP contribution is -2.42. The highest BCUT2D eigenvalue weighted by Gasteiger charge is 2.34. The van der Waals surface area contributed by atoms with Crippen LogP contribution in [0.25, 0.3) is 5.65 Å². The number of halogens is 2. The zero-order valence-electron chi connectivity index (χ0n) is 14.0. The number of fused-ring (bicyclic) bond motifs is 1. The number of nitrogens with zero attached hydrogens (tertiary/aromatic N) is 5. The van der Waals surface area contributed by atoms with E-state index >= 15 is 0 Å². The van der Waals surface area contributed by atoms with E-state index in [4.69, 9.17) is 0 Å². The van der Waals surface area contributed by atoms with Gasteiger partial charge in [0.25, 0.3) is 5.91 Å². The van der Waals surface area contributed by atoms with Crippen molar-refractivity contribution >= 4 is 17.5 Å². The van der Waals surface area contributed by atoms with Gasteiger partial charge in [-0.15, -0.1) is 0 Å². The van der Waals surface area contributed by atoms with Crippen LogP contribution in [-0.4, -0.2) is 38.6 Å². The number of carbonyl (C=O) groups excluding carboxylic acids is 1. The van der Waals surface area contributed by atoms with E-state index in [0.717, 1.165) is 12.1 Å². The zero-order chi connectivity index (χ0) is 18.3. The summed E-state index contributed by atoms with van der Waals surface area (Å²) in [6, 6.07) is 3.07. The minimum Gasteiger partial charge on any atom is -0.352 e. The van der Waals surface area contributed by atoms with Gasteiger partial charge in [-0.1, -0.05) is 0 Å². The van der Waals surface area contributed by atoms with Gasteiger partial charge in [0.05, 0.1) is 12.2 Å². The molecule has 9 heteroatoms. The van der Waals surface area contributed by atoms with Crippen LogP contribution < -0.4 is 10.2 Å². The largest absolute Gasteiger partial charge is 0.352 e. The fourth-order valence-corrected chi connectivity index (χ4v) is 3.06. The van der Waals surface area contributed by atoms with Gasteiger partial charge in [-0.05, 0) is 31.5 Å². The van der Waals surface area contributed by atoms with Gasteiger partial charge in [0.1, 0.15) is 23.5 Å². The van der Waals surface area contributed by atoms with Gasteiger partial charge in [-0.25, -0.2) is 18.3 Å². The number of carbonyl (C=O) groups is 1. The highest BCUT2D eigenvalue weighted by molar-refractivity contribution is 5.99. The van der Waals surface area contributed by atoms with Gasteiger partial charge < -0.3 is 10.2 Å². The molecule has 4 rings (SSSR count). The summed E-state index contributed by atoms with van der Waals surface area (Å²) in [5.41, 5.74) is 0.980. The van der Waals surface area contributed by atoms with Crippen molar-refractivity contribution in [1.29, 1.82) is 0 Å². The molecular formula is C17H16F2N6O. The molecule has 0 saturated carbocycles. The van der Waals surface area contributed by atoms with E-state index in [1.54, 1.807) is 4.90 Å². The Hall–Kier alpha value is -3.10. The normalized spacial score (nSPS) is 16.6. The summed E-state index contributed by atoms with van der Waals surface area (Å²) in [6.07, 6.45) is 3.55. The molecule has 1 atom stereocenters. The maximum atomic E-state index is 14.1. The van der Waals surface area contributed by atoms with Crippen LogP contribution in [0.1, 0.15) is 35.3 Å². The Morgan fingerprint density at radius 3 is 2.96 bits per heavy atom. The molecule has 3 aromatic rings. The topological polar surface area (TPSA) is 75.4 Å². The maximum absolute atomic E-state index is 14.1. The van der Waals surface area contributed by atoms with Crippen molar-refractivity contribution in [3.05, 3.63) is 53.5 Å². The van der Waals surface area contributed by atoms with Crippen molar-refractivity contribution in [1.82, 2.24) is 24.9 Å². The fraction of sp³-hybridized carbons (Fsp3) is 0.294. The quantitative estimate of drug-likeness (QED) is 0.773. The molecule has 7 nitrogen and oxygen atoms in total. The van der Waals surface area contributed by atoms with Crippen molar-refractivity contribution in [2.45, 2.75) is 19.4 Å². The molecule has 1 saturated heterocycles. The molecule has 1 aromatic carbocycles. The molecular weight excluding hydrogens is 342 g/mol. The second-order valence-corrected chi connectivity index (χ2v) is 6.01. The molecule has 2 aromatic heterocycles. The number of nitrogens with one attached hydrogen (secondary N) is 1. The second kappa shape index (κ2) is 6.32. The molecule has 0 bridgehead atoms. The van der Waals surface area contributed by atoms with Gasteiger partial charge in [0, 0.05) is 18.7 Å². The number of hydrogen-bond donors (Lipinski definition) is 1. The highest BCUT2D eigenvalue weighted by Crippen LogP contribution is 2.37. The monoisotopic (exact) mass is 358 g/mol. The van der Waals surface area contributed by atoms with Gasteiger partial charge in [0.2, 0.25) is 5.95 Å². The Morgan fingerprint density at radius 1 is 1.38 bits per heavy atom. The van der Waals surface area contributed by atoms with Crippen LogP contribution in [0.4, 0.5) is 14.7 Å². The van der Waals surface area contributed by atoms with E-state index in [-0.39, 0.29) is 17.5 Å². The average molecular weight is 358 g/mol. The number of amides is 1. The predicted octanol–water partition coefficient (Wildman–Crippen LogP) is 2.10. The first kappa shape index (κ1) is 16.4. The third-order valence-corrected chi connectivity index (χ3v) is 4.43. The lowest BCUT2D eigenvalue weighted by molar-refractivity contribution is 0.0957. The molecule has 0 spiro atoms. The standard InChI is InChI=1S/C17H16F2N6O/c1-2-20-16(26)12-8-22-25-9-21-17(23-15(12)25)24-6-5-14(24)11-7-10(18)3-4-13(11)19/h3-4,7-9,14H,2,5-6H2,1H3,(H,20,26)/t14-/m1/s1. The summed E-state index contributed by atoms with van der Waals surface area (Å²) in [5, 5.41) is 6.78. The van der Waals surface area contributed by atoms with Crippen LogP contribution in [0.2, 0.25) is 0 Å². The van der Waals surface area contributed by atoms with E-state index in [2.05, 4.69) is 20.4 Å². The summed E-state index contributed by atoms with van der Waals surface area (Å²) in [6.45, 7) is 2.92. The van der Waals surface area contributed by atoms with E-state index in [1.807, 2.05) is 6.92 Å². The Labute approximate surface area is 147 Å². The third kappa shape index (κ3) is 2.65. The Bertz CT molecular complexity index is 989. The lowest BCUT2D eigenvalue weighted by atomic mass is 9.94. The van der Waals surface area contributed by atoms with Crippen LogP contribution in [0.3, 0.4) is 0 Å². The number of hydrogen-bond acceptors (Lipinski definition) is 5. The first-order chi connectivity index (χ1) is 12.6. The molecule has 1 aliphatic heterocycles. The summed E-state index contributed by atoms with van der Waals surface area (Å²) in [5.74, 6) is -0.875. The van der Waals surface area contributed by atoms with Crippen LogP contribution in [0, 0.1) is 11.6 Å². The summed E-state index contributed by atoms with van der Waals surface area (Å²) in [4.78, 5) is 22.6. The smallest absolute Gasteiger partial charge is 0.256 e. The maximum Gasteiger partial charge on any atom is 0.256 e. The van der Waals surface area contributed by atoms with Crippen molar-refractivity contribution in [2.24, 2.45) is 0 Å². The van der Waals surface area contributed by atoms with Crippen molar-refractivity contribution in [3.8, 4) is 0 Å². The Morgan fingerprint density at radius 2 is 2.23 bits per heavy atom. The van der Waals surface area contributed by atoms with Gasteiger partial charge in [0.15, 0.2) is 5.65 Å².